The smallest absolute Gasteiger partial charge is 0.393 e. The molecule has 3 atom stereocenters. The molecule has 17 heavy (non-hydrogen) atoms. The molecule has 7 heteroatoms. The van der Waals surface area contributed by atoms with Gasteiger partial charge in [-0.2, -0.15) is 14.3 Å². The predicted molar refractivity (Wildman–Crippen MR) is 57.8 cm³/mol. The highest BCUT2D eigenvalue weighted by Crippen LogP contribution is 2.27. The molecule has 0 bridgehead atoms. The Kier molecular flexibility index (Phi) is 2.97. The first kappa shape index (κ1) is 11.8. The van der Waals surface area contributed by atoms with Crippen molar-refractivity contribution in [3.8, 4) is 0 Å². The number of ether oxygens (including phenoxy) is 1. The minimum atomic E-state index is -1.04. The molecule has 0 unspecified atom stereocenters. The van der Waals surface area contributed by atoms with Crippen LogP contribution in [0.2, 0.25) is 0 Å². The lowest BCUT2D eigenvalue weighted by Crippen LogP contribution is -2.57. The van der Waals surface area contributed by atoms with E-state index in [4.69, 9.17) is 15.6 Å². The number of anilines is 1. The molecule has 1 fully saturated rings. The second kappa shape index (κ2) is 4.28. The molecule has 0 aromatic carbocycles. The van der Waals surface area contributed by atoms with Crippen molar-refractivity contribution in [2.24, 2.45) is 0 Å². The van der Waals surface area contributed by atoms with Gasteiger partial charge < -0.3 is 20.7 Å². The van der Waals surface area contributed by atoms with Crippen LogP contribution in [0, 0.1) is 0 Å². The van der Waals surface area contributed by atoms with E-state index in [1.54, 1.807) is 0 Å². The summed E-state index contributed by atoms with van der Waals surface area (Å²) >= 11 is 0. The lowest BCUT2D eigenvalue weighted by molar-refractivity contribution is -0.779. The maximum atomic E-state index is 11.6. The Bertz CT molecular complexity index is 499. The van der Waals surface area contributed by atoms with Crippen molar-refractivity contribution in [3.63, 3.8) is 0 Å². The van der Waals surface area contributed by atoms with E-state index < -0.39 is 24.1 Å². The molecule has 1 aliphatic rings. The number of nitrogens with two attached hydrogens (primary N) is 1. The van der Waals surface area contributed by atoms with Crippen molar-refractivity contribution in [2.75, 3.05) is 12.3 Å². The summed E-state index contributed by atoms with van der Waals surface area (Å²) in [7, 11) is 0. The number of rotatable bonds is 2. The number of H-pyrrole nitrogens is 1. The third kappa shape index (κ3) is 1.95. The van der Waals surface area contributed by atoms with Crippen LogP contribution in [-0.2, 0) is 4.74 Å². The van der Waals surface area contributed by atoms with E-state index in [1.807, 2.05) is 0 Å². The average Bonchev–Trinajstić information content (AvgIpc) is 2.57. The highest BCUT2D eigenvalue weighted by molar-refractivity contribution is 5.21. The van der Waals surface area contributed by atoms with E-state index in [1.165, 1.54) is 16.8 Å². The monoisotopic (exact) mass is 240 g/mol. The van der Waals surface area contributed by atoms with Gasteiger partial charge in [0, 0.05) is 6.07 Å². The Balaban J connectivity index is 2.35. The van der Waals surface area contributed by atoms with Crippen LogP contribution < -0.4 is 16.0 Å². The zero-order valence-corrected chi connectivity index (χ0v) is 9.04. The molecular weight excluding hydrogens is 226 g/mol. The Morgan fingerprint density at radius 3 is 2.88 bits per heavy atom. The fraction of sp³-hybridized carbons (Fsp3) is 0.400. The molecule has 2 rings (SSSR count). The van der Waals surface area contributed by atoms with Crippen molar-refractivity contribution < 1.29 is 19.5 Å². The summed E-state index contributed by atoms with van der Waals surface area (Å²) in [6, 6.07) is 1.48. The zero-order valence-electron chi connectivity index (χ0n) is 9.04. The molecule has 1 saturated heterocycles. The van der Waals surface area contributed by atoms with E-state index in [-0.39, 0.29) is 12.4 Å². The third-order valence-electron chi connectivity index (χ3n) is 2.71. The highest BCUT2D eigenvalue weighted by Gasteiger charge is 2.42. The second-order valence-electron chi connectivity index (χ2n) is 3.83. The van der Waals surface area contributed by atoms with E-state index in [9.17, 15) is 9.90 Å². The van der Waals surface area contributed by atoms with Crippen LogP contribution in [0.1, 0.15) is 6.23 Å². The summed E-state index contributed by atoms with van der Waals surface area (Å²) in [5, 5.41) is 18.9. The molecular formula is C10H14N3O4+. The van der Waals surface area contributed by atoms with Gasteiger partial charge in [-0.15, -0.1) is 0 Å². The number of nitrogens with zero attached hydrogens (tertiary/aromatic N) is 1. The molecule has 1 aromatic heterocycles. The summed E-state index contributed by atoms with van der Waals surface area (Å²) < 4.78 is 6.51. The number of aromatic nitrogens is 2. The highest BCUT2D eigenvalue weighted by atomic mass is 16.5. The van der Waals surface area contributed by atoms with Crippen LogP contribution in [-0.4, -0.2) is 34.0 Å². The van der Waals surface area contributed by atoms with Crippen molar-refractivity contribution in [1.29, 1.82) is 0 Å². The topological polar surface area (TPSA) is 112 Å². The number of aliphatic hydroxyl groups excluding tert-OH is 2. The fourth-order valence-corrected chi connectivity index (χ4v) is 1.74. The van der Waals surface area contributed by atoms with Crippen LogP contribution in [0.3, 0.4) is 0 Å². The lowest BCUT2D eigenvalue weighted by Gasteiger charge is -2.10. The van der Waals surface area contributed by atoms with E-state index in [0.717, 1.165) is 0 Å². The third-order valence-corrected chi connectivity index (χ3v) is 2.71. The van der Waals surface area contributed by atoms with Gasteiger partial charge in [-0.3, -0.25) is 0 Å². The Morgan fingerprint density at radius 2 is 2.35 bits per heavy atom. The Hall–Kier alpha value is -1.70. The van der Waals surface area contributed by atoms with Gasteiger partial charge in [0.05, 0.1) is 6.61 Å². The predicted octanol–water partition coefficient (Wildman–Crippen LogP) is -1.95. The average molecular weight is 240 g/mol. The lowest BCUT2D eigenvalue weighted by atomic mass is 10.1. The summed E-state index contributed by atoms with van der Waals surface area (Å²) in [6.45, 7) is 3.33. The summed E-state index contributed by atoms with van der Waals surface area (Å²) in [6.07, 6.45) is -1.19. The number of nitrogen functional groups attached to an aromatic ring is 1. The maximum Gasteiger partial charge on any atom is 0.499 e. The molecule has 0 aliphatic carbocycles. The first-order chi connectivity index (χ1) is 8.04. The van der Waals surface area contributed by atoms with Gasteiger partial charge in [0.25, 0.3) is 0 Å². The molecule has 92 valence electrons. The largest absolute Gasteiger partial charge is 0.499 e. The molecule has 5 N–H and O–H groups in total. The number of hydrogen-bond donors (Lipinski definition) is 4. The standard InChI is InChI=1S/C10H13N3O4/c1-5-6(4-14)17-9(8(5)15)13-3-2-7(11)12-10(13)16/h2-3,6,8-9,14-15H,1,4H2,(H2,11,12,16)/p+1/t6-,8-,9-/m1/s1. The molecule has 0 spiro atoms. The number of hydrogen-bond acceptors (Lipinski definition) is 5. The number of aliphatic hydroxyl groups is 2. The summed E-state index contributed by atoms with van der Waals surface area (Å²) in [5.74, 6) is 0.219. The molecule has 7 nitrogen and oxygen atoms in total. The van der Waals surface area contributed by atoms with Gasteiger partial charge in [-0.25, -0.2) is 0 Å². The second-order valence-corrected chi connectivity index (χ2v) is 3.83. The zero-order chi connectivity index (χ0) is 12.6. The van der Waals surface area contributed by atoms with Crippen LogP contribution in [0.25, 0.3) is 0 Å². The maximum absolute atomic E-state index is 11.6. The minimum Gasteiger partial charge on any atom is -0.393 e. The van der Waals surface area contributed by atoms with E-state index >= 15 is 0 Å². The molecule has 1 aliphatic heterocycles. The fourth-order valence-electron chi connectivity index (χ4n) is 1.74. The molecule has 0 saturated carbocycles. The van der Waals surface area contributed by atoms with Crippen LogP contribution in [0.5, 0.6) is 0 Å². The Labute approximate surface area is 96.8 Å². The SMILES string of the molecule is C=C1[C@@H](O)[C@H]([n+]2ccc(N)[nH]c2=O)O[C@@H]1CO. The van der Waals surface area contributed by atoms with Crippen LogP contribution in [0.4, 0.5) is 5.82 Å². The van der Waals surface area contributed by atoms with Gasteiger partial charge in [0.2, 0.25) is 6.23 Å². The van der Waals surface area contributed by atoms with Gasteiger partial charge >= 0.3 is 5.69 Å². The first-order valence-electron chi connectivity index (χ1n) is 5.07. The van der Waals surface area contributed by atoms with Crippen LogP contribution in [0.15, 0.2) is 29.2 Å². The van der Waals surface area contributed by atoms with Crippen molar-refractivity contribution in [3.05, 3.63) is 34.9 Å². The summed E-state index contributed by atoms with van der Waals surface area (Å²) in [5.41, 5.74) is 5.26. The van der Waals surface area contributed by atoms with Gasteiger partial charge in [0.15, 0.2) is 5.82 Å². The molecule has 2 heterocycles. The van der Waals surface area contributed by atoms with Gasteiger partial charge in [-0.1, -0.05) is 6.58 Å². The first-order valence-corrected chi connectivity index (χ1v) is 5.07. The van der Waals surface area contributed by atoms with E-state index in [0.29, 0.717) is 5.57 Å². The van der Waals surface area contributed by atoms with Crippen LogP contribution >= 0.6 is 0 Å². The molecule has 0 amide bonds. The van der Waals surface area contributed by atoms with Crippen molar-refractivity contribution >= 4 is 5.82 Å². The van der Waals surface area contributed by atoms with Gasteiger partial charge in [0.1, 0.15) is 18.4 Å². The summed E-state index contributed by atoms with van der Waals surface area (Å²) in [4.78, 5) is 14.0. The van der Waals surface area contributed by atoms with Crippen molar-refractivity contribution in [2.45, 2.75) is 18.4 Å². The van der Waals surface area contributed by atoms with Crippen molar-refractivity contribution in [1.82, 2.24) is 4.98 Å². The normalized spacial score (nSPS) is 28.6. The molecule has 1 aromatic rings. The molecule has 0 radical (unpaired) electrons. The van der Waals surface area contributed by atoms with Gasteiger partial charge in [-0.05, 0) is 5.57 Å². The number of aromatic amines is 1. The van der Waals surface area contributed by atoms with E-state index in [2.05, 4.69) is 11.6 Å². The quantitative estimate of drug-likeness (QED) is 0.354. The number of nitrogens with one attached hydrogen (secondary N) is 1. The minimum absolute atomic E-state index is 0.219. The Morgan fingerprint density at radius 1 is 1.65 bits per heavy atom.